The van der Waals surface area contributed by atoms with E-state index in [-0.39, 0.29) is 22.0 Å². The van der Waals surface area contributed by atoms with E-state index in [1.54, 1.807) is 12.1 Å². The number of phenols is 1. The fourth-order valence-electron chi connectivity index (χ4n) is 5.71. The zero-order chi connectivity index (χ0) is 19.3. The van der Waals surface area contributed by atoms with Crippen LogP contribution < -0.4 is 4.74 Å². The van der Waals surface area contributed by atoms with E-state index in [2.05, 4.69) is 44.7 Å². The summed E-state index contributed by atoms with van der Waals surface area (Å²) in [7, 11) is 0. The van der Waals surface area contributed by atoms with Crippen LogP contribution in [0.4, 0.5) is 0 Å². The molecular weight excluding hydrogens is 348 g/mol. The molecule has 3 heteroatoms. The predicted molar refractivity (Wildman–Crippen MR) is 109 cm³/mol. The summed E-state index contributed by atoms with van der Waals surface area (Å²) in [5, 5.41) is 9.80. The number of fused-ring (bicyclic) bond motifs is 3. The van der Waals surface area contributed by atoms with Gasteiger partial charge in [-0.2, -0.15) is 0 Å². The van der Waals surface area contributed by atoms with Crippen LogP contribution in [0.1, 0.15) is 44.2 Å². The van der Waals surface area contributed by atoms with Crippen molar-refractivity contribution in [1.82, 2.24) is 0 Å². The summed E-state index contributed by atoms with van der Waals surface area (Å²) in [5.41, 5.74) is 5.33. The molecule has 3 nitrogen and oxygen atoms in total. The predicted octanol–water partition coefficient (Wildman–Crippen LogP) is 5.78. The summed E-state index contributed by atoms with van der Waals surface area (Å²) in [6.45, 7) is 9.37. The third-order valence-electron chi connectivity index (χ3n) is 7.10. The second-order valence-corrected chi connectivity index (χ2v) is 9.84. The van der Waals surface area contributed by atoms with Crippen molar-refractivity contribution in [2.75, 3.05) is 6.61 Å². The Morgan fingerprint density at radius 1 is 0.929 bits per heavy atom. The van der Waals surface area contributed by atoms with Crippen LogP contribution >= 0.6 is 0 Å². The lowest BCUT2D eigenvalue weighted by molar-refractivity contribution is -0.139. The average molecular weight is 372 g/mol. The molecule has 2 aromatic rings. The second kappa shape index (κ2) is 4.83. The van der Waals surface area contributed by atoms with Crippen molar-refractivity contribution in [3.8, 4) is 22.6 Å². The van der Waals surface area contributed by atoms with Gasteiger partial charge < -0.3 is 14.6 Å². The van der Waals surface area contributed by atoms with Crippen LogP contribution in [0.5, 0.6) is 11.5 Å². The Morgan fingerprint density at radius 3 is 2.39 bits per heavy atom. The number of hydrogen-bond acceptors (Lipinski definition) is 3. The van der Waals surface area contributed by atoms with Crippen molar-refractivity contribution in [3.05, 3.63) is 65.9 Å². The molecule has 28 heavy (non-hydrogen) atoms. The van der Waals surface area contributed by atoms with Crippen LogP contribution in [0, 0.1) is 10.8 Å². The number of hydrogen-bond donors (Lipinski definition) is 1. The lowest BCUT2D eigenvalue weighted by Crippen LogP contribution is -2.65. The summed E-state index contributed by atoms with van der Waals surface area (Å²) in [6, 6.07) is 12.0. The molecule has 2 aliphatic heterocycles. The minimum atomic E-state index is 0.166. The smallest absolute Gasteiger partial charge is 0.138 e. The highest BCUT2D eigenvalue weighted by molar-refractivity contribution is 5.87. The molecule has 142 valence electrons. The molecule has 3 aliphatic carbocycles. The molecule has 3 saturated carbocycles. The number of rotatable bonds is 2. The molecule has 1 N–H and O–H groups in total. The van der Waals surface area contributed by atoms with Crippen LogP contribution in [-0.2, 0) is 10.2 Å². The van der Waals surface area contributed by atoms with Crippen LogP contribution in [0.3, 0.4) is 0 Å². The van der Waals surface area contributed by atoms with Crippen LogP contribution in [-0.4, -0.2) is 11.7 Å². The highest BCUT2D eigenvalue weighted by Crippen LogP contribution is 2.77. The van der Waals surface area contributed by atoms with Crippen molar-refractivity contribution in [3.63, 3.8) is 0 Å². The first kappa shape index (κ1) is 16.3. The van der Waals surface area contributed by atoms with Gasteiger partial charge in [-0.3, -0.25) is 0 Å². The van der Waals surface area contributed by atoms with Gasteiger partial charge in [0.25, 0.3) is 0 Å². The van der Waals surface area contributed by atoms with Gasteiger partial charge in [-0.1, -0.05) is 32.6 Å². The fraction of sp³-hybridized carbons (Fsp3) is 0.360. The third-order valence-corrected chi connectivity index (χ3v) is 7.10. The molecular formula is C25H24O3. The number of phenolic OH excluding ortho intramolecular Hbond substituents is 1. The fourth-order valence-corrected chi connectivity index (χ4v) is 5.71. The summed E-state index contributed by atoms with van der Waals surface area (Å²) < 4.78 is 11.9. The molecule has 0 amide bonds. The van der Waals surface area contributed by atoms with E-state index in [1.165, 1.54) is 30.6 Å². The highest BCUT2D eigenvalue weighted by Gasteiger charge is 2.71. The number of aromatic hydroxyl groups is 1. The molecule has 0 radical (unpaired) electrons. The van der Waals surface area contributed by atoms with Gasteiger partial charge in [-0.25, -0.2) is 0 Å². The molecule has 0 saturated heterocycles. The zero-order valence-electron chi connectivity index (χ0n) is 16.3. The largest absolute Gasteiger partial charge is 0.508 e. The minimum Gasteiger partial charge on any atom is -0.508 e. The second-order valence-electron chi connectivity index (χ2n) is 9.84. The maximum Gasteiger partial charge on any atom is 0.138 e. The quantitative estimate of drug-likeness (QED) is 0.726. The molecule has 2 aromatic carbocycles. The lowest BCUT2D eigenvalue weighted by atomic mass is 9.33. The van der Waals surface area contributed by atoms with Gasteiger partial charge in [-0.05, 0) is 60.1 Å². The van der Waals surface area contributed by atoms with Crippen LogP contribution in [0.25, 0.3) is 16.9 Å². The van der Waals surface area contributed by atoms with Gasteiger partial charge in [0.15, 0.2) is 0 Å². The number of benzene rings is 2. The first-order valence-electron chi connectivity index (χ1n) is 10.0. The Labute approximate surface area is 165 Å². The number of allylic oxidation sites excluding steroid dienone is 1. The van der Waals surface area contributed by atoms with Gasteiger partial charge in [0, 0.05) is 28.0 Å². The highest BCUT2D eigenvalue weighted by atomic mass is 16.5. The van der Waals surface area contributed by atoms with Gasteiger partial charge in [0.05, 0.1) is 12.4 Å². The van der Waals surface area contributed by atoms with Gasteiger partial charge in [0.1, 0.15) is 17.3 Å². The van der Waals surface area contributed by atoms with Gasteiger partial charge in [-0.15, -0.1) is 0 Å². The van der Waals surface area contributed by atoms with Crippen molar-refractivity contribution in [2.45, 2.75) is 38.5 Å². The zero-order valence-corrected chi connectivity index (χ0v) is 16.3. The molecule has 3 fully saturated rings. The summed E-state index contributed by atoms with van der Waals surface area (Å²) >= 11 is 0. The van der Waals surface area contributed by atoms with E-state index >= 15 is 0 Å². The van der Waals surface area contributed by atoms with E-state index < -0.39 is 0 Å². The first-order valence-corrected chi connectivity index (χ1v) is 10.0. The Balaban J connectivity index is 1.35. The minimum absolute atomic E-state index is 0.166. The Hall–Kier alpha value is -2.68. The Morgan fingerprint density at radius 2 is 1.68 bits per heavy atom. The van der Waals surface area contributed by atoms with Crippen LogP contribution in [0.2, 0.25) is 0 Å². The molecule has 0 unspecified atom stereocenters. The van der Waals surface area contributed by atoms with Crippen molar-refractivity contribution < 1.29 is 14.6 Å². The average Bonchev–Trinajstić information content (AvgIpc) is 2.92. The van der Waals surface area contributed by atoms with Crippen molar-refractivity contribution >= 4 is 5.76 Å². The summed E-state index contributed by atoms with van der Waals surface area (Å²) in [5.74, 6) is 2.76. The molecule has 7 rings (SSSR count). The van der Waals surface area contributed by atoms with Gasteiger partial charge >= 0.3 is 0 Å². The first-order chi connectivity index (χ1) is 13.3. The third kappa shape index (κ3) is 1.99. The molecule has 2 bridgehead atoms. The monoisotopic (exact) mass is 372 g/mol. The molecule has 2 heterocycles. The molecule has 5 aliphatic rings. The van der Waals surface area contributed by atoms with Crippen molar-refractivity contribution in [2.24, 2.45) is 10.8 Å². The number of ether oxygens (including phenoxy) is 2. The van der Waals surface area contributed by atoms with E-state index in [0.29, 0.717) is 11.5 Å². The maximum atomic E-state index is 9.80. The Bertz CT molecular complexity index is 1070. The standard InChI is InChI=1S/C25H24O3/c1-15-18-6-4-16(8-20(18)19-7-5-17(26)9-21(19)28-15)24-11-25(12-24,13-24)22-10-23(2,3)14-27-22/h4-10,26H,1,11-14H2,2-3H3. The van der Waals surface area contributed by atoms with Crippen molar-refractivity contribution in [1.29, 1.82) is 0 Å². The van der Waals surface area contributed by atoms with E-state index in [0.717, 1.165) is 23.3 Å². The Kier molecular flexibility index (Phi) is 2.81. The normalized spacial score (nSPS) is 30.8. The summed E-state index contributed by atoms with van der Waals surface area (Å²) in [4.78, 5) is 0. The van der Waals surface area contributed by atoms with Gasteiger partial charge in [0.2, 0.25) is 0 Å². The lowest BCUT2D eigenvalue weighted by Gasteiger charge is -2.71. The summed E-state index contributed by atoms with van der Waals surface area (Å²) in [6.07, 6.45) is 5.90. The van der Waals surface area contributed by atoms with E-state index in [9.17, 15) is 5.11 Å². The van der Waals surface area contributed by atoms with Crippen LogP contribution in [0.15, 0.2) is 54.8 Å². The SMILES string of the molecule is C=C1Oc2cc(O)ccc2-c2cc(C34CC(C5=CC(C)(C)CO5)(C3)C4)ccc21. The topological polar surface area (TPSA) is 38.7 Å². The van der Waals surface area contributed by atoms with E-state index in [4.69, 9.17) is 9.47 Å². The molecule has 0 atom stereocenters. The molecule has 0 spiro atoms. The maximum absolute atomic E-state index is 9.80. The van der Waals surface area contributed by atoms with E-state index in [1.807, 2.05) is 6.07 Å². The molecule has 0 aromatic heterocycles.